The van der Waals surface area contributed by atoms with Crippen LogP contribution in [0.25, 0.3) is 0 Å². The molecule has 17 heavy (non-hydrogen) atoms. The van der Waals surface area contributed by atoms with Crippen molar-refractivity contribution in [2.24, 2.45) is 0 Å². The van der Waals surface area contributed by atoms with Crippen LogP contribution in [0.1, 0.15) is 38.5 Å². The van der Waals surface area contributed by atoms with Crippen LogP contribution in [0.5, 0.6) is 0 Å². The first-order valence-corrected chi connectivity index (χ1v) is 8.94. The lowest BCUT2D eigenvalue weighted by molar-refractivity contribution is 0.282. The summed E-state index contributed by atoms with van der Waals surface area (Å²) in [6.07, 6.45) is 6.57. The van der Waals surface area contributed by atoms with Gasteiger partial charge in [-0.05, 0) is 30.2 Å². The zero-order valence-corrected chi connectivity index (χ0v) is 11.7. The van der Waals surface area contributed by atoms with E-state index in [1.165, 1.54) is 12.8 Å². The Morgan fingerprint density at radius 2 is 1.53 bits per heavy atom. The SMILES string of the molecule is O=S(=O)(O)SCCNCCCCCCCCO. The first-order valence-electron chi connectivity index (χ1n) is 5.99. The number of nitrogens with one attached hydrogen (secondary N) is 1. The lowest BCUT2D eigenvalue weighted by Gasteiger charge is -2.03. The maximum absolute atomic E-state index is 10.4. The molecule has 0 bridgehead atoms. The van der Waals surface area contributed by atoms with E-state index in [1.807, 2.05) is 0 Å². The molecule has 0 aromatic carbocycles. The van der Waals surface area contributed by atoms with Crippen molar-refractivity contribution in [2.45, 2.75) is 38.5 Å². The highest BCUT2D eigenvalue weighted by atomic mass is 33.1. The Morgan fingerprint density at radius 3 is 2.12 bits per heavy atom. The van der Waals surface area contributed by atoms with E-state index in [0.29, 0.717) is 23.1 Å². The third kappa shape index (κ3) is 16.2. The second kappa shape index (κ2) is 11.3. The average Bonchev–Trinajstić information content (AvgIpc) is 2.24. The Balaban J connectivity index is 3.04. The highest BCUT2D eigenvalue weighted by molar-refractivity contribution is 8.69. The molecule has 3 N–H and O–H groups in total. The molecular weight excluding hydrogens is 262 g/mol. The van der Waals surface area contributed by atoms with Gasteiger partial charge in [-0.3, -0.25) is 4.55 Å². The van der Waals surface area contributed by atoms with Crippen LogP contribution in [0.3, 0.4) is 0 Å². The van der Waals surface area contributed by atoms with Gasteiger partial charge in [0.25, 0.3) is 0 Å². The molecule has 104 valence electrons. The fourth-order valence-electron chi connectivity index (χ4n) is 1.41. The van der Waals surface area contributed by atoms with Gasteiger partial charge in [-0.1, -0.05) is 25.7 Å². The summed E-state index contributed by atoms with van der Waals surface area (Å²) in [6, 6.07) is 0. The Morgan fingerprint density at radius 1 is 0.941 bits per heavy atom. The maximum Gasteiger partial charge on any atom is 0.319 e. The van der Waals surface area contributed by atoms with E-state index < -0.39 is 9.15 Å². The molecule has 5 nitrogen and oxygen atoms in total. The second-order valence-electron chi connectivity index (χ2n) is 3.84. The van der Waals surface area contributed by atoms with E-state index in [9.17, 15) is 8.42 Å². The van der Waals surface area contributed by atoms with Crippen LogP contribution in [0.4, 0.5) is 0 Å². The molecule has 0 saturated carbocycles. The van der Waals surface area contributed by atoms with Gasteiger partial charge in [0, 0.05) is 18.9 Å². The molecule has 0 radical (unpaired) electrons. The molecule has 7 heteroatoms. The fourth-order valence-corrected chi connectivity index (χ4v) is 2.73. The van der Waals surface area contributed by atoms with E-state index in [1.54, 1.807) is 0 Å². The molecule has 0 aliphatic carbocycles. The number of aliphatic hydroxyl groups is 1. The van der Waals surface area contributed by atoms with Gasteiger partial charge in [-0.25, -0.2) is 0 Å². The highest BCUT2D eigenvalue weighted by Gasteiger charge is 2.03. The quantitative estimate of drug-likeness (QED) is 0.286. The zero-order valence-electron chi connectivity index (χ0n) is 10.1. The normalized spacial score (nSPS) is 11.9. The van der Waals surface area contributed by atoms with Gasteiger partial charge >= 0.3 is 9.15 Å². The largest absolute Gasteiger partial charge is 0.396 e. The molecule has 0 aliphatic rings. The Kier molecular flexibility index (Phi) is 11.4. The summed E-state index contributed by atoms with van der Waals surface area (Å²) in [5.41, 5.74) is 0. The van der Waals surface area contributed by atoms with Gasteiger partial charge < -0.3 is 10.4 Å². The first kappa shape index (κ1) is 17.2. The second-order valence-corrected chi connectivity index (χ2v) is 7.31. The van der Waals surface area contributed by atoms with Gasteiger partial charge in [0.2, 0.25) is 0 Å². The molecule has 0 rings (SSSR count). The van der Waals surface area contributed by atoms with E-state index in [-0.39, 0.29) is 6.61 Å². The van der Waals surface area contributed by atoms with Crippen LogP contribution < -0.4 is 5.32 Å². The summed E-state index contributed by atoms with van der Waals surface area (Å²) in [5, 5.41) is 11.7. The maximum atomic E-state index is 10.4. The summed E-state index contributed by atoms with van der Waals surface area (Å²) in [4.78, 5) is 0. The van der Waals surface area contributed by atoms with Crippen molar-refractivity contribution in [2.75, 3.05) is 25.4 Å². The van der Waals surface area contributed by atoms with Crippen LogP contribution in [0.2, 0.25) is 0 Å². The minimum absolute atomic E-state index is 0.285. The van der Waals surface area contributed by atoms with E-state index >= 15 is 0 Å². The summed E-state index contributed by atoms with van der Waals surface area (Å²) in [6.45, 7) is 1.76. The Labute approximate surface area is 108 Å². The highest BCUT2D eigenvalue weighted by Crippen LogP contribution is 2.07. The summed E-state index contributed by atoms with van der Waals surface area (Å²) in [7, 11) is -3.33. The molecule has 0 aromatic rings. The molecule has 0 heterocycles. The van der Waals surface area contributed by atoms with Gasteiger partial charge in [0.05, 0.1) is 0 Å². The lowest BCUT2D eigenvalue weighted by atomic mass is 10.1. The minimum Gasteiger partial charge on any atom is -0.396 e. The number of hydrogen-bond donors (Lipinski definition) is 3. The number of rotatable bonds is 12. The molecular formula is C10H23NO4S2. The van der Waals surface area contributed by atoms with Crippen LogP contribution in [-0.4, -0.2) is 43.5 Å². The molecule has 0 aromatic heterocycles. The van der Waals surface area contributed by atoms with Gasteiger partial charge in [0.1, 0.15) is 0 Å². The van der Waals surface area contributed by atoms with Crippen LogP contribution in [-0.2, 0) is 9.15 Å². The zero-order chi connectivity index (χ0) is 13.0. The molecule has 0 spiro atoms. The summed E-state index contributed by atoms with van der Waals surface area (Å²) >= 11 is 0. The molecule has 0 saturated heterocycles. The third-order valence-corrected chi connectivity index (χ3v) is 4.33. The van der Waals surface area contributed by atoms with Crippen LogP contribution >= 0.6 is 10.8 Å². The van der Waals surface area contributed by atoms with Crippen molar-refractivity contribution in [1.82, 2.24) is 5.32 Å². The van der Waals surface area contributed by atoms with Crippen LogP contribution in [0.15, 0.2) is 0 Å². The monoisotopic (exact) mass is 285 g/mol. The van der Waals surface area contributed by atoms with E-state index in [0.717, 1.165) is 32.2 Å². The van der Waals surface area contributed by atoms with Crippen molar-refractivity contribution >= 4 is 19.9 Å². The van der Waals surface area contributed by atoms with Crippen molar-refractivity contribution in [3.63, 3.8) is 0 Å². The molecule has 0 fully saturated rings. The molecule has 0 atom stereocenters. The first-order chi connectivity index (χ1) is 8.06. The predicted molar refractivity (Wildman–Crippen MR) is 71.7 cm³/mol. The van der Waals surface area contributed by atoms with E-state index in [4.69, 9.17) is 9.66 Å². The van der Waals surface area contributed by atoms with Crippen molar-refractivity contribution < 1.29 is 18.1 Å². The summed E-state index contributed by atoms with van der Waals surface area (Å²) < 4.78 is 29.2. The van der Waals surface area contributed by atoms with E-state index in [2.05, 4.69) is 5.32 Å². The van der Waals surface area contributed by atoms with Crippen molar-refractivity contribution in [3.05, 3.63) is 0 Å². The topological polar surface area (TPSA) is 86.6 Å². The van der Waals surface area contributed by atoms with Crippen molar-refractivity contribution in [1.29, 1.82) is 0 Å². The smallest absolute Gasteiger partial charge is 0.319 e. The fraction of sp³-hybridized carbons (Fsp3) is 1.00. The molecule has 0 amide bonds. The predicted octanol–water partition coefficient (Wildman–Crippen LogP) is 1.44. The Bertz CT molecular complexity index is 257. The Hall–Kier alpha value is 0.180. The van der Waals surface area contributed by atoms with Gasteiger partial charge in [-0.15, -0.1) is 0 Å². The van der Waals surface area contributed by atoms with Crippen molar-refractivity contribution in [3.8, 4) is 0 Å². The average molecular weight is 285 g/mol. The lowest BCUT2D eigenvalue weighted by Crippen LogP contribution is -2.18. The number of aliphatic hydroxyl groups excluding tert-OH is 1. The summed E-state index contributed by atoms with van der Waals surface area (Å²) in [5.74, 6) is 0.370. The van der Waals surface area contributed by atoms with Gasteiger partial charge in [-0.2, -0.15) is 8.42 Å². The molecule has 0 unspecified atom stereocenters. The van der Waals surface area contributed by atoms with Gasteiger partial charge in [0.15, 0.2) is 0 Å². The third-order valence-electron chi connectivity index (χ3n) is 2.27. The molecule has 0 aliphatic heterocycles. The minimum atomic E-state index is -3.88. The number of hydrogen-bond acceptors (Lipinski definition) is 5. The standard InChI is InChI=1S/C10H23NO4S2/c12-9-6-4-2-1-3-5-7-11-8-10-16-17(13,14)15/h11-12H,1-10H2,(H,13,14,15). The number of unbranched alkanes of at least 4 members (excludes halogenated alkanes) is 5. The van der Waals surface area contributed by atoms with Crippen LogP contribution in [0, 0.1) is 0 Å².